The van der Waals surface area contributed by atoms with Crippen LogP contribution in [0.2, 0.25) is 5.02 Å². The van der Waals surface area contributed by atoms with E-state index in [9.17, 15) is 9.59 Å². The Morgan fingerprint density at radius 3 is 2.68 bits per heavy atom. The lowest BCUT2D eigenvalue weighted by atomic mass is 10.1. The van der Waals surface area contributed by atoms with E-state index in [0.717, 1.165) is 0 Å². The summed E-state index contributed by atoms with van der Waals surface area (Å²) in [5.41, 5.74) is 1.50. The number of nitrogens with zero attached hydrogens (tertiary/aromatic N) is 1. The molecule has 1 aromatic heterocycles. The molecule has 0 aliphatic rings. The number of aromatic nitrogens is 2. The molecule has 0 aliphatic heterocycles. The second-order valence-electron chi connectivity index (χ2n) is 5.71. The van der Waals surface area contributed by atoms with Gasteiger partial charge in [-0.3, -0.25) is 9.89 Å². The van der Waals surface area contributed by atoms with Crippen molar-refractivity contribution in [3.63, 3.8) is 0 Å². The number of ether oxygens (including phenoxy) is 2. The maximum atomic E-state index is 12.8. The Morgan fingerprint density at radius 2 is 1.96 bits per heavy atom. The quantitative estimate of drug-likeness (QED) is 0.607. The molecular weight excluding hydrogens is 382 g/mol. The summed E-state index contributed by atoms with van der Waals surface area (Å²) in [6, 6.07) is 13.7. The van der Waals surface area contributed by atoms with E-state index in [0.29, 0.717) is 27.6 Å². The summed E-state index contributed by atoms with van der Waals surface area (Å²) in [6.07, 6.45) is 0. The zero-order valence-corrected chi connectivity index (χ0v) is 16.0. The number of amides is 1. The molecule has 1 amide bonds. The van der Waals surface area contributed by atoms with Gasteiger partial charge in [0, 0.05) is 11.1 Å². The molecule has 2 N–H and O–H groups in total. The van der Waals surface area contributed by atoms with Crippen molar-refractivity contribution in [3.8, 4) is 17.0 Å². The molecule has 0 aliphatic carbocycles. The lowest BCUT2D eigenvalue weighted by molar-refractivity contribution is 0.0520. The number of hydrogen-bond acceptors (Lipinski definition) is 5. The number of carbonyl (C=O) groups is 2. The van der Waals surface area contributed by atoms with Crippen molar-refractivity contribution in [2.45, 2.75) is 6.92 Å². The van der Waals surface area contributed by atoms with Crippen molar-refractivity contribution in [1.29, 1.82) is 0 Å². The van der Waals surface area contributed by atoms with Gasteiger partial charge in [0.1, 0.15) is 17.1 Å². The van der Waals surface area contributed by atoms with Gasteiger partial charge >= 0.3 is 5.97 Å². The highest BCUT2D eigenvalue weighted by Gasteiger charge is 2.24. The van der Waals surface area contributed by atoms with E-state index in [-0.39, 0.29) is 18.0 Å². The van der Waals surface area contributed by atoms with Crippen LogP contribution >= 0.6 is 11.6 Å². The summed E-state index contributed by atoms with van der Waals surface area (Å²) in [5.74, 6) is -0.523. The summed E-state index contributed by atoms with van der Waals surface area (Å²) in [7, 11) is 1.52. The van der Waals surface area contributed by atoms with Gasteiger partial charge in [0.15, 0.2) is 5.69 Å². The summed E-state index contributed by atoms with van der Waals surface area (Å²) < 4.78 is 10.2. The first-order valence-electron chi connectivity index (χ1n) is 8.51. The van der Waals surface area contributed by atoms with E-state index in [4.69, 9.17) is 21.1 Å². The molecule has 28 heavy (non-hydrogen) atoms. The number of methoxy groups -OCH3 is 1. The van der Waals surface area contributed by atoms with Crippen LogP contribution in [-0.2, 0) is 4.74 Å². The summed E-state index contributed by atoms with van der Waals surface area (Å²) in [6.45, 7) is 1.88. The van der Waals surface area contributed by atoms with Gasteiger partial charge < -0.3 is 14.8 Å². The van der Waals surface area contributed by atoms with Crippen LogP contribution in [0.15, 0.2) is 48.5 Å². The molecule has 1 heterocycles. The number of esters is 1. The number of hydrogen-bond donors (Lipinski definition) is 2. The van der Waals surface area contributed by atoms with Crippen LogP contribution in [0.4, 0.5) is 5.69 Å². The van der Waals surface area contributed by atoms with Crippen molar-refractivity contribution >= 4 is 29.2 Å². The lowest BCUT2D eigenvalue weighted by Crippen LogP contribution is -2.16. The zero-order chi connectivity index (χ0) is 20.1. The van der Waals surface area contributed by atoms with Gasteiger partial charge in [-0.25, -0.2) is 4.79 Å². The van der Waals surface area contributed by atoms with Gasteiger partial charge in [-0.15, -0.1) is 0 Å². The molecule has 7 nitrogen and oxygen atoms in total. The Kier molecular flexibility index (Phi) is 5.96. The Balaban J connectivity index is 2.04. The van der Waals surface area contributed by atoms with Crippen LogP contribution in [0.3, 0.4) is 0 Å². The van der Waals surface area contributed by atoms with E-state index < -0.39 is 11.9 Å². The van der Waals surface area contributed by atoms with E-state index in [2.05, 4.69) is 15.5 Å². The second-order valence-corrected chi connectivity index (χ2v) is 6.12. The molecule has 3 aromatic rings. The van der Waals surface area contributed by atoms with E-state index in [1.54, 1.807) is 55.5 Å². The first-order valence-corrected chi connectivity index (χ1v) is 8.88. The van der Waals surface area contributed by atoms with Crippen LogP contribution < -0.4 is 10.1 Å². The average molecular weight is 400 g/mol. The highest BCUT2D eigenvalue weighted by molar-refractivity contribution is 6.33. The molecule has 3 rings (SSSR count). The highest BCUT2D eigenvalue weighted by Crippen LogP contribution is 2.34. The topological polar surface area (TPSA) is 93.3 Å². The first kappa shape index (κ1) is 19.4. The van der Waals surface area contributed by atoms with Gasteiger partial charge in [-0.1, -0.05) is 35.9 Å². The number of carbonyl (C=O) groups excluding carboxylic acids is 2. The van der Waals surface area contributed by atoms with E-state index >= 15 is 0 Å². The minimum atomic E-state index is -0.630. The zero-order valence-electron chi connectivity index (χ0n) is 15.3. The fourth-order valence-electron chi connectivity index (χ4n) is 2.61. The number of nitrogens with one attached hydrogen (secondary N) is 2. The van der Waals surface area contributed by atoms with Gasteiger partial charge in [0.2, 0.25) is 0 Å². The van der Waals surface area contributed by atoms with Crippen molar-refractivity contribution in [2.75, 3.05) is 19.0 Å². The molecule has 0 saturated heterocycles. The van der Waals surface area contributed by atoms with Gasteiger partial charge in [-0.2, -0.15) is 5.10 Å². The summed E-state index contributed by atoms with van der Waals surface area (Å²) >= 11 is 6.27. The fraction of sp³-hybridized carbons (Fsp3) is 0.150. The van der Waals surface area contributed by atoms with Crippen LogP contribution in [0.5, 0.6) is 5.75 Å². The second kappa shape index (κ2) is 8.58. The molecule has 0 fully saturated rings. The SMILES string of the molecule is CCOC(=O)c1[nH]nc(-c2ccccc2Cl)c1NC(=O)c1cccc(OC)c1. The number of rotatable bonds is 6. The van der Waals surface area contributed by atoms with Crippen molar-refractivity contribution in [3.05, 3.63) is 64.8 Å². The standard InChI is InChI=1S/C20H18ClN3O4/c1-3-28-20(26)18-17(16(23-24-18)14-9-4-5-10-15(14)21)22-19(25)12-7-6-8-13(11-12)27-2/h4-11H,3H2,1-2H3,(H,22,25)(H,23,24). The predicted molar refractivity (Wildman–Crippen MR) is 106 cm³/mol. The minimum Gasteiger partial charge on any atom is -0.497 e. The Morgan fingerprint density at radius 1 is 1.18 bits per heavy atom. The normalized spacial score (nSPS) is 10.4. The molecule has 0 unspecified atom stereocenters. The van der Waals surface area contributed by atoms with Crippen LogP contribution in [0.25, 0.3) is 11.3 Å². The third-order valence-corrected chi connectivity index (χ3v) is 4.27. The monoisotopic (exact) mass is 399 g/mol. The Hall–Kier alpha value is -3.32. The summed E-state index contributed by atoms with van der Waals surface area (Å²) in [4.78, 5) is 25.1. The number of H-pyrrole nitrogens is 1. The van der Waals surface area contributed by atoms with E-state index in [1.807, 2.05) is 0 Å². The minimum absolute atomic E-state index is 0.0352. The van der Waals surface area contributed by atoms with Gasteiger partial charge in [0.25, 0.3) is 5.91 Å². The van der Waals surface area contributed by atoms with Gasteiger partial charge in [0.05, 0.1) is 18.7 Å². The van der Waals surface area contributed by atoms with Crippen molar-refractivity contribution in [1.82, 2.24) is 10.2 Å². The molecular formula is C20H18ClN3O4. The average Bonchev–Trinajstić information content (AvgIpc) is 3.12. The molecule has 2 aromatic carbocycles. The molecule has 8 heteroatoms. The third-order valence-electron chi connectivity index (χ3n) is 3.95. The molecule has 0 bridgehead atoms. The highest BCUT2D eigenvalue weighted by atomic mass is 35.5. The van der Waals surface area contributed by atoms with Crippen molar-refractivity contribution < 1.29 is 19.1 Å². The van der Waals surface area contributed by atoms with Crippen molar-refractivity contribution in [2.24, 2.45) is 0 Å². The first-order chi connectivity index (χ1) is 13.5. The molecule has 0 atom stereocenters. The predicted octanol–water partition coefficient (Wildman–Crippen LogP) is 4.17. The van der Waals surface area contributed by atoms with E-state index in [1.165, 1.54) is 7.11 Å². The Bertz CT molecular complexity index is 1020. The van der Waals surface area contributed by atoms with Crippen LogP contribution in [0, 0.1) is 0 Å². The smallest absolute Gasteiger partial charge is 0.358 e. The maximum Gasteiger partial charge on any atom is 0.358 e. The molecule has 0 spiro atoms. The number of halogens is 1. The fourth-order valence-corrected chi connectivity index (χ4v) is 2.84. The van der Waals surface area contributed by atoms with Crippen LogP contribution in [-0.4, -0.2) is 35.8 Å². The van der Waals surface area contributed by atoms with Crippen LogP contribution in [0.1, 0.15) is 27.8 Å². The number of anilines is 1. The molecule has 144 valence electrons. The lowest BCUT2D eigenvalue weighted by Gasteiger charge is -2.10. The van der Waals surface area contributed by atoms with Gasteiger partial charge in [-0.05, 0) is 31.2 Å². The third kappa shape index (κ3) is 3.99. The Labute approximate surface area is 166 Å². The number of benzene rings is 2. The largest absolute Gasteiger partial charge is 0.497 e. The maximum absolute atomic E-state index is 12.8. The molecule has 0 saturated carbocycles. The summed E-state index contributed by atoms with van der Waals surface area (Å²) in [5, 5.41) is 10.00. The molecule has 0 radical (unpaired) electrons. The number of aromatic amines is 1.